The minimum atomic E-state index is 0.748. The highest BCUT2D eigenvalue weighted by molar-refractivity contribution is 9.09. The zero-order valence-corrected chi connectivity index (χ0v) is 9.72. The first kappa shape index (κ1) is 11.5. The highest BCUT2D eigenvalue weighted by Gasteiger charge is 2.13. The van der Waals surface area contributed by atoms with Crippen LogP contribution in [0.15, 0.2) is 0 Å². The lowest BCUT2D eigenvalue weighted by Gasteiger charge is -2.21. The Morgan fingerprint density at radius 1 is 1.23 bits per heavy atom. The average molecular weight is 251 g/mol. The molecular weight excluding hydrogens is 232 g/mol. The van der Waals surface area contributed by atoms with Crippen LogP contribution in [-0.4, -0.2) is 31.8 Å². The van der Waals surface area contributed by atoms with E-state index in [1.807, 2.05) is 0 Å². The predicted molar refractivity (Wildman–Crippen MR) is 57.4 cm³/mol. The normalized spacial score (nSPS) is 19.2. The van der Waals surface area contributed by atoms with Crippen molar-refractivity contribution in [2.75, 3.05) is 31.8 Å². The van der Waals surface area contributed by atoms with Crippen molar-refractivity contribution >= 4 is 15.9 Å². The Morgan fingerprint density at radius 2 is 2.00 bits per heavy atom. The molecule has 1 heterocycles. The van der Waals surface area contributed by atoms with E-state index >= 15 is 0 Å². The standard InChI is InChI=1S/C10H19BrO2/c11-5-1-2-6-13-9-10-3-7-12-8-4-10/h10H,1-9H2. The summed E-state index contributed by atoms with van der Waals surface area (Å²) in [4.78, 5) is 0. The molecule has 0 N–H and O–H groups in total. The van der Waals surface area contributed by atoms with Gasteiger partial charge in [0, 0.05) is 31.8 Å². The molecule has 0 aromatic heterocycles. The SMILES string of the molecule is BrCCCCOCC1CCOCC1. The first-order valence-corrected chi connectivity index (χ1v) is 6.27. The van der Waals surface area contributed by atoms with Gasteiger partial charge in [-0.15, -0.1) is 0 Å². The van der Waals surface area contributed by atoms with Gasteiger partial charge in [-0.05, 0) is 31.6 Å². The number of ether oxygens (including phenoxy) is 2. The molecule has 0 atom stereocenters. The second kappa shape index (κ2) is 7.77. The number of alkyl halides is 1. The Hall–Kier alpha value is 0.400. The highest BCUT2D eigenvalue weighted by atomic mass is 79.9. The Morgan fingerprint density at radius 3 is 2.69 bits per heavy atom. The van der Waals surface area contributed by atoms with Crippen molar-refractivity contribution in [2.24, 2.45) is 5.92 Å². The quantitative estimate of drug-likeness (QED) is 0.533. The van der Waals surface area contributed by atoms with Gasteiger partial charge >= 0.3 is 0 Å². The number of hydrogen-bond donors (Lipinski definition) is 0. The Bertz CT molecular complexity index is 113. The zero-order valence-electron chi connectivity index (χ0n) is 8.14. The van der Waals surface area contributed by atoms with Crippen LogP contribution in [0.5, 0.6) is 0 Å². The van der Waals surface area contributed by atoms with Gasteiger partial charge < -0.3 is 9.47 Å². The first-order valence-electron chi connectivity index (χ1n) is 5.15. The van der Waals surface area contributed by atoms with Gasteiger partial charge in [-0.3, -0.25) is 0 Å². The van der Waals surface area contributed by atoms with Crippen LogP contribution in [0.25, 0.3) is 0 Å². The maximum atomic E-state index is 5.60. The lowest BCUT2D eigenvalue weighted by molar-refractivity contribution is 0.0201. The number of hydrogen-bond acceptors (Lipinski definition) is 2. The van der Waals surface area contributed by atoms with Crippen LogP contribution in [0.2, 0.25) is 0 Å². The summed E-state index contributed by atoms with van der Waals surface area (Å²) < 4.78 is 10.9. The molecule has 78 valence electrons. The van der Waals surface area contributed by atoms with Crippen LogP contribution in [0.3, 0.4) is 0 Å². The van der Waals surface area contributed by atoms with E-state index in [9.17, 15) is 0 Å². The summed E-state index contributed by atoms with van der Waals surface area (Å²) >= 11 is 3.41. The van der Waals surface area contributed by atoms with Crippen LogP contribution in [0, 0.1) is 5.92 Å². The molecule has 0 aromatic rings. The van der Waals surface area contributed by atoms with Crippen LogP contribution >= 0.6 is 15.9 Å². The van der Waals surface area contributed by atoms with Crippen molar-refractivity contribution in [1.29, 1.82) is 0 Å². The summed E-state index contributed by atoms with van der Waals surface area (Å²) in [6, 6.07) is 0. The van der Waals surface area contributed by atoms with E-state index < -0.39 is 0 Å². The fourth-order valence-corrected chi connectivity index (χ4v) is 1.86. The maximum Gasteiger partial charge on any atom is 0.0495 e. The smallest absolute Gasteiger partial charge is 0.0495 e. The van der Waals surface area contributed by atoms with E-state index in [1.54, 1.807) is 0 Å². The molecule has 0 aliphatic carbocycles. The molecule has 1 aliphatic rings. The van der Waals surface area contributed by atoms with Crippen LogP contribution in [0.1, 0.15) is 25.7 Å². The molecule has 1 aliphatic heterocycles. The summed E-state index contributed by atoms with van der Waals surface area (Å²) in [6.07, 6.45) is 4.75. The molecule has 2 nitrogen and oxygen atoms in total. The van der Waals surface area contributed by atoms with Crippen molar-refractivity contribution in [3.05, 3.63) is 0 Å². The fraction of sp³-hybridized carbons (Fsp3) is 1.00. The third-order valence-corrected chi connectivity index (χ3v) is 2.93. The van der Waals surface area contributed by atoms with Gasteiger partial charge in [-0.2, -0.15) is 0 Å². The van der Waals surface area contributed by atoms with Crippen molar-refractivity contribution in [3.8, 4) is 0 Å². The van der Waals surface area contributed by atoms with Gasteiger partial charge in [0.15, 0.2) is 0 Å². The van der Waals surface area contributed by atoms with Crippen molar-refractivity contribution in [2.45, 2.75) is 25.7 Å². The van der Waals surface area contributed by atoms with Crippen LogP contribution in [0.4, 0.5) is 0 Å². The molecule has 0 radical (unpaired) electrons. The summed E-state index contributed by atoms with van der Waals surface area (Å²) in [5.41, 5.74) is 0. The molecule has 1 saturated heterocycles. The second-order valence-corrected chi connectivity index (χ2v) is 4.32. The summed E-state index contributed by atoms with van der Waals surface area (Å²) in [7, 11) is 0. The Labute approximate surface area is 89.1 Å². The van der Waals surface area contributed by atoms with Crippen molar-refractivity contribution in [1.82, 2.24) is 0 Å². The molecule has 0 unspecified atom stereocenters. The molecule has 3 heteroatoms. The van der Waals surface area contributed by atoms with Gasteiger partial charge in [0.25, 0.3) is 0 Å². The van der Waals surface area contributed by atoms with E-state index in [0.29, 0.717) is 0 Å². The van der Waals surface area contributed by atoms with Gasteiger partial charge in [0.2, 0.25) is 0 Å². The minimum absolute atomic E-state index is 0.748. The topological polar surface area (TPSA) is 18.5 Å². The minimum Gasteiger partial charge on any atom is -0.381 e. The predicted octanol–water partition coefficient (Wildman–Crippen LogP) is 2.60. The van der Waals surface area contributed by atoms with Gasteiger partial charge in [-0.25, -0.2) is 0 Å². The Kier molecular flexibility index (Phi) is 6.86. The van der Waals surface area contributed by atoms with E-state index in [1.165, 1.54) is 25.7 Å². The summed E-state index contributed by atoms with van der Waals surface area (Å²) in [5, 5.41) is 1.09. The molecule has 0 saturated carbocycles. The third-order valence-electron chi connectivity index (χ3n) is 2.37. The number of halogens is 1. The molecular formula is C10H19BrO2. The summed E-state index contributed by atoms with van der Waals surface area (Å²) in [5.74, 6) is 0.748. The molecule has 0 aromatic carbocycles. The maximum absolute atomic E-state index is 5.60. The molecule has 1 fully saturated rings. The fourth-order valence-electron chi connectivity index (χ4n) is 1.46. The van der Waals surface area contributed by atoms with E-state index in [4.69, 9.17) is 9.47 Å². The highest BCUT2D eigenvalue weighted by Crippen LogP contribution is 2.14. The van der Waals surface area contributed by atoms with Crippen molar-refractivity contribution in [3.63, 3.8) is 0 Å². The Balaban J connectivity index is 1.86. The van der Waals surface area contributed by atoms with E-state index in [0.717, 1.165) is 37.7 Å². The second-order valence-electron chi connectivity index (χ2n) is 3.53. The average Bonchev–Trinajstić information content (AvgIpc) is 2.19. The molecule has 0 amide bonds. The molecule has 13 heavy (non-hydrogen) atoms. The lowest BCUT2D eigenvalue weighted by atomic mass is 10.0. The third kappa shape index (κ3) is 5.66. The number of unbranched alkanes of at least 4 members (excludes halogenated alkanes) is 1. The molecule has 1 rings (SSSR count). The van der Waals surface area contributed by atoms with Gasteiger partial charge in [0.1, 0.15) is 0 Å². The van der Waals surface area contributed by atoms with E-state index in [-0.39, 0.29) is 0 Å². The van der Waals surface area contributed by atoms with Crippen LogP contribution in [-0.2, 0) is 9.47 Å². The molecule has 0 spiro atoms. The monoisotopic (exact) mass is 250 g/mol. The van der Waals surface area contributed by atoms with Crippen LogP contribution < -0.4 is 0 Å². The lowest BCUT2D eigenvalue weighted by Crippen LogP contribution is -2.20. The van der Waals surface area contributed by atoms with E-state index in [2.05, 4.69) is 15.9 Å². The zero-order chi connectivity index (χ0) is 9.36. The van der Waals surface area contributed by atoms with Gasteiger partial charge in [-0.1, -0.05) is 15.9 Å². The largest absolute Gasteiger partial charge is 0.381 e. The van der Waals surface area contributed by atoms with Crippen molar-refractivity contribution < 1.29 is 9.47 Å². The first-order chi connectivity index (χ1) is 6.43. The van der Waals surface area contributed by atoms with Gasteiger partial charge in [0.05, 0.1) is 0 Å². The number of rotatable bonds is 6. The summed E-state index contributed by atoms with van der Waals surface area (Å²) in [6.45, 7) is 3.71. The molecule has 0 bridgehead atoms.